The molecule has 32 heavy (non-hydrogen) atoms. The number of rotatable bonds is 3. The van der Waals surface area contributed by atoms with Gasteiger partial charge in [0.2, 0.25) is 0 Å². The second kappa shape index (κ2) is 6.92. The Hall–Kier alpha value is -4.18. The van der Waals surface area contributed by atoms with Gasteiger partial charge in [-0.3, -0.25) is 19.2 Å². The van der Waals surface area contributed by atoms with E-state index in [9.17, 15) is 10.1 Å². The molecular formula is C25H22N6O. The molecular weight excluding hydrogens is 400 g/mol. The quantitative estimate of drug-likeness (QED) is 0.467. The second-order valence-electron chi connectivity index (χ2n) is 8.59. The number of nitrogens with zero attached hydrogens (tertiary/aromatic N) is 5. The maximum Gasteiger partial charge on any atom is 0.333 e. The lowest BCUT2D eigenvalue weighted by molar-refractivity contribution is 0.686. The van der Waals surface area contributed by atoms with Crippen molar-refractivity contribution < 1.29 is 0 Å². The number of H-pyrrole nitrogens is 1. The second-order valence-corrected chi connectivity index (χ2v) is 8.59. The fourth-order valence-electron chi connectivity index (χ4n) is 4.14. The van der Waals surface area contributed by atoms with Crippen molar-refractivity contribution in [1.29, 1.82) is 5.26 Å². The van der Waals surface area contributed by atoms with Crippen LogP contribution >= 0.6 is 0 Å². The van der Waals surface area contributed by atoms with Crippen LogP contribution in [0.5, 0.6) is 0 Å². The average Bonchev–Trinajstić information content (AvgIpc) is 3.34. The van der Waals surface area contributed by atoms with Crippen LogP contribution < -0.4 is 5.69 Å². The average molecular weight is 422 g/mol. The fraction of sp³-hybridized carbons (Fsp3) is 0.200. The molecule has 2 aromatic carbocycles. The van der Waals surface area contributed by atoms with Gasteiger partial charge in [0.25, 0.3) is 0 Å². The minimum atomic E-state index is -0.601. The largest absolute Gasteiger partial charge is 0.333 e. The van der Waals surface area contributed by atoms with Gasteiger partial charge >= 0.3 is 5.69 Å². The number of pyridine rings is 1. The highest BCUT2D eigenvalue weighted by atomic mass is 16.1. The molecule has 0 aliphatic heterocycles. The van der Waals surface area contributed by atoms with E-state index in [-0.39, 0.29) is 5.69 Å². The number of aromatic amines is 1. The molecule has 0 amide bonds. The third-order valence-corrected chi connectivity index (χ3v) is 6.15. The van der Waals surface area contributed by atoms with Crippen LogP contribution in [0, 0.1) is 18.3 Å². The number of nitrogens with one attached hydrogen (secondary N) is 1. The van der Waals surface area contributed by atoms with Crippen molar-refractivity contribution in [2.24, 2.45) is 7.05 Å². The first-order valence-electron chi connectivity index (χ1n) is 10.3. The van der Waals surface area contributed by atoms with Crippen LogP contribution in [0.2, 0.25) is 0 Å². The van der Waals surface area contributed by atoms with Gasteiger partial charge in [0.05, 0.1) is 46.1 Å². The number of aromatic nitrogens is 5. The van der Waals surface area contributed by atoms with Gasteiger partial charge in [0.1, 0.15) is 0 Å². The summed E-state index contributed by atoms with van der Waals surface area (Å²) in [5.74, 6) is 0. The Morgan fingerprint density at radius 3 is 2.50 bits per heavy atom. The fourth-order valence-corrected chi connectivity index (χ4v) is 4.14. The van der Waals surface area contributed by atoms with Crippen LogP contribution in [-0.2, 0) is 12.5 Å². The number of aryl methyl sites for hydroxylation is 2. The normalized spacial score (nSPS) is 11.8. The first kappa shape index (κ1) is 19.8. The molecule has 5 rings (SSSR count). The highest BCUT2D eigenvalue weighted by molar-refractivity contribution is 6.04. The summed E-state index contributed by atoms with van der Waals surface area (Å²) in [6.07, 6.45) is 3.54. The molecule has 0 spiro atoms. The van der Waals surface area contributed by atoms with Crippen LogP contribution in [0.3, 0.4) is 0 Å². The molecule has 7 nitrogen and oxygen atoms in total. The van der Waals surface area contributed by atoms with Crippen LogP contribution in [0.1, 0.15) is 25.1 Å². The number of hydrogen-bond acceptors (Lipinski definition) is 4. The topological polar surface area (TPSA) is 92.3 Å². The van der Waals surface area contributed by atoms with Gasteiger partial charge in [-0.05, 0) is 56.2 Å². The van der Waals surface area contributed by atoms with Gasteiger partial charge in [0.15, 0.2) is 0 Å². The minimum Gasteiger partial charge on any atom is -0.293 e. The van der Waals surface area contributed by atoms with Crippen molar-refractivity contribution in [2.75, 3.05) is 0 Å². The first-order chi connectivity index (χ1) is 15.3. The summed E-state index contributed by atoms with van der Waals surface area (Å²) in [5, 5.41) is 17.4. The molecule has 0 aliphatic carbocycles. The molecule has 3 aromatic heterocycles. The molecule has 0 fully saturated rings. The lowest BCUT2D eigenvalue weighted by Crippen LogP contribution is -2.21. The molecule has 3 heterocycles. The molecule has 0 saturated carbocycles. The van der Waals surface area contributed by atoms with Crippen molar-refractivity contribution in [3.63, 3.8) is 0 Å². The summed E-state index contributed by atoms with van der Waals surface area (Å²) in [6, 6.07) is 16.0. The van der Waals surface area contributed by atoms with Crippen LogP contribution in [-0.4, -0.2) is 24.3 Å². The van der Waals surface area contributed by atoms with Gasteiger partial charge in [-0.25, -0.2) is 4.79 Å². The first-order valence-corrected chi connectivity index (χ1v) is 10.3. The zero-order valence-electron chi connectivity index (χ0n) is 18.3. The van der Waals surface area contributed by atoms with Crippen LogP contribution in [0.4, 0.5) is 0 Å². The zero-order valence-corrected chi connectivity index (χ0v) is 18.3. The van der Waals surface area contributed by atoms with E-state index in [0.717, 1.165) is 50.0 Å². The molecule has 1 N–H and O–H groups in total. The summed E-state index contributed by atoms with van der Waals surface area (Å²) in [5.41, 5.74) is 6.26. The number of imidazole rings is 1. The number of fused-ring (bicyclic) bond motifs is 3. The van der Waals surface area contributed by atoms with Gasteiger partial charge in [-0.2, -0.15) is 10.4 Å². The summed E-state index contributed by atoms with van der Waals surface area (Å²) in [4.78, 5) is 17.9. The van der Waals surface area contributed by atoms with E-state index >= 15 is 0 Å². The van der Waals surface area contributed by atoms with E-state index < -0.39 is 5.41 Å². The van der Waals surface area contributed by atoms with Gasteiger partial charge in [-0.15, -0.1) is 0 Å². The van der Waals surface area contributed by atoms with Crippen LogP contribution in [0.25, 0.3) is 38.8 Å². The molecule has 0 radical (unpaired) electrons. The molecule has 5 aromatic rings. The Morgan fingerprint density at radius 1 is 1.09 bits per heavy atom. The van der Waals surface area contributed by atoms with E-state index in [1.807, 2.05) is 57.2 Å². The number of benzene rings is 2. The lowest BCUT2D eigenvalue weighted by Gasteiger charge is -2.16. The van der Waals surface area contributed by atoms with Crippen molar-refractivity contribution in [2.45, 2.75) is 26.2 Å². The van der Waals surface area contributed by atoms with Crippen molar-refractivity contribution >= 4 is 21.9 Å². The van der Waals surface area contributed by atoms with E-state index in [0.29, 0.717) is 0 Å². The summed E-state index contributed by atoms with van der Waals surface area (Å²) in [7, 11) is 1.76. The van der Waals surface area contributed by atoms with E-state index in [4.69, 9.17) is 0 Å². The Morgan fingerprint density at radius 2 is 1.84 bits per heavy atom. The lowest BCUT2D eigenvalue weighted by atomic mass is 9.86. The SMILES string of the molecule is Cc1[nH]ncc1-c1ccc2ncc3c(c2c1)n(-c1ccc(C(C)(C)C#N)cc1)c(=O)n3C. The highest BCUT2D eigenvalue weighted by Crippen LogP contribution is 2.31. The molecule has 0 saturated heterocycles. The third-order valence-electron chi connectivity index (χ3n) is 6.15. The molecule has 0 aliphatic rings. The van der Waals surface area contributed by atoms with Crippen molar-refractivity contribution in [1.82, 2.24) is 24.3 Å². The monoisotopic (exact) mass is 422 g/mol. The maximum absolute atomic E-state index is 13.3. The van der Waals surface area contributed by atoms with Gasteiger partial charge < -0.3 is 0 Å². The summed E-state index contributed by atoms with van der Waals surface area (Å²) in [6.45, 7) is 5.74. The summed E-state index contributed by atoms with van der Waals surface area (Å²) < 4.78 is 3.33. The van der Waals surface area contributed by atoms with Crippen molar-refractivity contribution in [3.8, 4) is 22.9 Å². The minimum absolute atomic E-state index is 0.147. The standard InChI is InChI=1S/C25H22N6O/c1-15-20(12-28-29-15)16-5-10-21-19(11-16)23-22(13-27-21)30(4)24(32)31(23)18-8-6-17(7-9-18)25(2,3)14-26/h5-13H,1-4H3,(H,28,29). The Kier molecular flexibility index (Phi) is 4.28. The highest BCUT2D eigenvalue weighted by Gasteiger charge is 2.21. The zero-order chi connectivity index (χ0) is 22.6. The van der Waals surface area contributed by atoms with E-state index in [1.54, 1.807) is 28.6 Å². The van der Waals surface area contributed by atoms with Gasteiger partial charge in [0, 0.05) is 23.7 Å². The van der Waals surface area contributed by atoms with E-state index in [2.05, 4.69) is 27.3 Å². The predicted octanol–water partition coefficient (Wildman–Crippen LogP) is 4.38. The molecule has 0 bridgehead atoms. The third kappa shape index (κ3) is 2.84. The smallest absolute Gasteiger partial charge is 0.293 e. The molecule has 0 atom stereocenters. The Bertz CT molecular complexity index is 1590. The maximum atomic E-state index is 13.3. The van der Waals surface area contributed by atoms with E-state index in [1.165, 1.54) is 0 Å². The van der Waals surface area contributed by atoms with Crippen LogP contribution in [0.15, 0.2) is 59.7 Å². The van der Waals surface area contributed by atoms with Gasteiger partial charge in [-0.1, -0.05) is 18.2 Å². The molecule has 158 valence electrons. The molecule has 0 unspecified atom stereocenters. The number of nitriles is 1. The summed E-state index contributed by atoms with van der Waals surface area (Å²) >= 11 is 0. The Balaban J connectivity index is 1.80. The van der Waals surface area contributed by atoms with Crippen molar-refractivity contribution in [3.05, 3.63) is 76.6 Å². The molecule has 7 heteroatoms. The predicted molar refractivity (Wildman–Crippen MR) is 125 cm³/mol. The Labute approximate surface area is 184 Å². The number of hydrogen-bond donors (Lipinski definition) is 1.